The van der Waals surface area contributed by atoms with Crippen molar-refractivity contribution in [1.82, 2.24) is 14.8 Å². The Kier molecular flexibility index (Phi) is 7.84. The summed E-state index contributed by atoms with van der Waals surface area (Å²) in [4.78, 5) is 24.8. The molecule has 0 radical (unpaired) electrons. The van der Waals surface area contributed by atoms with Gasteiger partial charge in [0.05, 0.1) is 28.6 Å². The van der Waals surface area contributed by atoms with Gasteiger partial charge >= 0.3 is 5.97 Å². The molecule has 4 aromatic rings. The van der Waals surface area contributed by atoms with Crippen molar-refractivity contribution in [2.75, 3.05) is 17.7 Å². The van der Waals surface area contributed by atoms with E-state index in [4.69, 9.17) is 16.3 Å². The van der Waals surface area contributed by atoms with Crippen LogP contribution in [-0.4, -0.2) is 39.0 Å². The lowest BCUT2D eigenvalue weighted by Crippen LogP contribution is -2.15. The van der Waals surface area contributed by atoms with Gasteiger partial charge in [0.25, 0.3) is 0 Å². The molecule has 35 heavy (non-hydrogen) atoms. The number of anilines is 1. The fourth-order valence-corrected chi connectivity index (χ4v) is 4.26. The molecule has 3 aromatic carbocycles. The Morgan fingerprint density at radius 2 is 1.77 bits per heavy atom. The minimum absolute atomic E-state index is 0.0682. The molecular formula is C26H23ClN4O3S. The molecule has 178 valence electrons. The van der Waals surface area contributed by atoms with Crippen molar-refractivity contribution >= 4 is 40.9 Å². The van der Waals surface area contributed by atoms with E-state index in [9.17, 15) is 9.59 Å². The average Bonchev–Trinajstić information content (AvgIpc) is 3.29. The van der Waals surface area contributed by atoms with Crippen molar-refractivity contribution in [3.05, 3.63) is 88.9 Å². The van der Waals surface area contributed by atoms with Crippen LogP contribution in [0.25, 0.3) is 17.1 Å². The number of hydrogen-bond donors (Lipinski definition) is 1. The molecule has 0 saturated heterocycles. The number of rotatable bonds is 8. The number of nitrogens with one attached hydrogen (secondary N) is 1. The molecule has 0 spiro atoms. The van der Waals surface area contributed by atoms with Crippen LogP contribution >= 0.6 is 23.4 Å². The van der Waals surface area contributed by atoms with Gasteiger partial charge in [0.15, 0.2) is 11.0 Å². The Balaban J connectivity index is 1.55. The maximum absolute atomic E-state index is 12.7. The van der Waals surface area contributed by atoms with Crippen LogP contribution in [0, 0.1) is 6.92 Å². The fourth-order valence-electron chi connectivity index (χ4n) is 3.34. The van der Waals surface area contributed by atoms with E-state index in [2.05, 4.69) is 15.5 Å². The van der Waals surface area contributed by atoms with E-state index < -0.39 is 5.97 Å². The molecule has 1 heterocycles. The number of nitrogens with zero attached hydrogens (tertiary/aromatic N) is 3. The molecule has 0 fully saturated rings. The van der Waals surface area contributed by atoms with E-state index in [1.807, 2.05) is 66.1 Å². The maximum atomic E-state index is 12.7. The molecule has 0 aliphatic rings. The summed E-state index contributed by atoms with van der Waals surface area (Å²) in [5, 5.41) is 12.4. The van der Waals surface area contributed by atoms with Gasteiger partial charge in [-0.2, -0.15) is 0 Å². The monoisotopic (exact) mass is 506 g/mol. The average molecular weight is 507 g/mol. The number of benzene rings is 3. The van der Waals surface area contributed by atoms with E-state index in [-0.39, 0.29) is 18.3 Å². The summed E-state index contributed by atoms with van der Waals surface area (Å²) in [6.45, 7) is 4.01. The third-order valence-corrected chi connectivity index (χ3v) is 6.30. The number of halogens is 1. The van der Waals surface area contributed by atoms with Gasteiger partial charge < -0.3 is 10.1 Å². The molecular weight excluding hydrogens is 484 g/mol. The van der Waals surface area contributed by atoms with Gasteiger partial charge in [-0.15, -0.1) is 10.2 Å². The number of carbonyl (C=O) groups excluding carboxylic acids is 2. The van der Waals surface area contributed by atoms with E-state index in [0.717, 1.165) is 16.8 Å². The van der Waals surface area contributed by atoms with Crippen LogP contribution in [0.3, 0.4) is 0 Å². The second-order valence-electron chi connectivity index (χ2n) is 7.60. The standard InChI is InChI=1S/C26H23ClN4O3S/c1-3-34-25(33)19-11-14-21(27)22(15-19)28-23(32)16-35-26-30-29-24(18-7-5-4-6-8-18)31(26)20-12-9-17(2)10-13-20/h4-15H,3,16H2,1-2H3,(H,28,32). The number of carbonyl (C=O) groups is 2. The quantitative estimate of drug-likeness (QED) is 0.240. The highest BCUT2D eigenvalue weighted by molar-refractivity contribution is 7.99. The predicted molar refractivity (Wildman–Crippen MR) is 138 cm³/mol. The second-order valence-corrected chi connectivity index (χ2v) is 8.94. The molecule has 9 heteroatoms. The Hall–Kier alpha value is -3.62. The zero-order chi connectivity index (χ0) is 24.8. The van der Waals surface area contributed by atoms with E-state index >= 15 is 0 Å². The Bertz CT molecular complexity index is 1340. The molecule has 0 atom stereocenters. The molecule has 0 aliphatic heterocycles. The van der Waals surface area contributed by atoms with Gasteiger partial charge in [0.1, 0.15) is 0 Å². The summed E-state index contributed by atoms with van der Waals surface area (Å²) in [5.41, 5.74) is 3.60. The summed E-state index contributed by atoms with van der Waals surface area (Å²) in [5.74, 6) is -0.0208. The molecule has 1 amide bonds. The molecule has 0 saturated carbocycles. The van der Waals surface area contributed by atoms with E-state index in [1.54, 1.807) is 19.1 Å². The maximum Gasteiger partial charge on any atom is 0.338 e. The van der Waals surface area contributed by atoms with E-state index in [0.29, 0.717) is 27.3 Å². The van der Waals surface area contributed by atoms with Gasteiger partial charge in [0.2, 0.25) is 5.91 Å². The lowest BCUT2D eigenvalue weighted by molar-refractivity contribution is -0.113. The molecule has 0 aliphatic carbocycles. The minimum atomic E-state index is -0.478. The normalized spacial score (nSPS) is 10.7. The zero-order valence-corrected chi connectivity index (χ0v) is 20.8. The number of aromatic nitrogens is 3. The third-order valence-electron chi connectivity index (χ3n) is 5.04. The van der Waals surface area contributed by atoms with Gasteiger partial charge in [-0.1, -0.05) is 71.4 Å². The van der Waals surface area contributed by atoms with Crippen molar-refractivity contribution in [1.29, 1.82) is 0 Å². The van der Waals surface area contributed by atoms with Crippen LogP contribution in [0.15, 0.2) is 78.0 Å². The van der Waals surface area contributed by atoms with Crippen molar-refractivity contribution in [3.8, 4) is 17.1 Å². The minimum Gasteiger partial charge on any atom is -0.462 e. The third kappa shape index (κ3) is 5.90. The molecule has 4 rings (SSSR count). The van der Waals surface area contributed by atoms with Gasteiger partial charge in [0, 0.05) is 11.3 Å². The summed E-state index contributed by atoms with van der Waals surface area (Å²) in [6, 6.07) is 22.4. The fraction of sp³-hybridized carbons (Fsp3) is 0.154. The highest BCUT2D eigenvalue weighted by Gasteiger charge is 2.18. The van der Waals surface area contributed by atoms with E-state index in [1.165, 1.54) is 17.8 Å². The molecule has 1 N–H and O–H groups in total. The highest BCUT2D eigenvalue weighted by atomic mass is 35.5. The summed E-state index contributed by atoms with van der Waals surface area (Å²) >= 11 is 7.48. The lowest BCUT2D eigenvalue weighted by atomic mass is 10.2. The number of aryl methyl sites for hydroxylation is 1. The smallest absolute Gasteiger partial charge is 0.338 e. The van der Waals surface area contributed by atoms with Crippen LogP contribution in [0.2, 0.25) is 5.02 Å². The first-order valence-corrected chi connectivity index (χ1v) is 12.3. The first kappa shape index (κ1) is 24.5. The molecule has 0 bridgehead atoms. The van der Waals surface area contributed by atoms with Crippen molar-refractivity contribution in [2.45, 2.75) is 19.0 Å². The van der Waals surface area contributed by atoms with Crippen molar-refractivity contribution < 1.29 is 14.3 Å². The Morgan fingerprint density at radius 3 is 2.49 bits per heavy atom. The van der Waals surface area contributed by atoms with Gasteiger partial charge in [-0.25, -0.2) is 4.79 Å². The summed E-state index contributed by atoms with van der Waals surface area (Å²) < 4.78 is 6.95. The molecule has 7 nitrogen and oxygen atoms in total. The van der Waals surface area contributed by atoms with Gasteiger partial charge in [-0.05, 0) is 44.2 Å². The second kappa shape index (κ2) is 11.2. The lowest BCUT2D eigenvalue weighted by Gasteiger charge is -2.11. The van der Waals surface area contributed by atoms with Crippen LogP contribution in [0.5, 0.6) is 0 Å². The van der Waals surface area contributed by atoms with Crippen LogP contribution < -0.4 is 5.32 Å². The SMILES string of the molecule is CCOC(=O)c1ccc(Cl)c(NC(=O)CSc2nnc(-c3ccccc3)n2-c2ccc(C)cc2)c1. The number of ether oxygens (including phenoxy) is 1. The largest absolute Gasteiger partial charge is 0.462 e. The first-order chi connectivity index (χ1) is 17.0. The molecule has 1 aromatic heterocycles. The Labute approximate surface area is 212 Å². The summed E-state index contributed by atoms with van der Waals surface area (Å²) in [6.07, 6.45) is 0. The van der Waals surface area contributed by atoms with Crippen molar-refractivity contribution in [3.63, 3.8) is 0 Å². The zero-order valence-electron chi connectivity index (χ0n) is 19.2. The van der Waals surface area contributed by atoms with Crippen LogP contribution in [0.1, 0.15) is 22.8 Å². The van der Waals surface area contributed by atoms with Crippen molar-refractivity contribution in [2.24, 2.45) is 0 Å². The van der Waals surface area contributed by atoms with Crippen LogP contribution in [-0.2, 0) is 9.53 Å². The Morgan fingerprint density at radius 1 is 1.03 bits per heavy atom. The highest BCUT2D eigenvalue weighted by Crippen LogP contribution is 2.29. The number of esters is 1. The van der Waals surface area contributed by atoms with Crippen LogP contribution in [0.4, 0.5) is 5.69 Å². The predicted octanol–water partition coefficient (Wildman–Crippen LogP) is 5.80. The molecule has 0 unspecified atom stereocenters. The number of hydrogen-bond acceptors (Lipinski definition) is 6. The number of amides is 1. The topological polar surface area (TPSA) is 86.1 Å². The first-order valence-electron chi connectivity index (χ1n) is 10.9. The summed E-state index contributed by atoms with van der Waals surface area (Å²) in [7, 11) is 0. The number of thioether (sulfide) groups is 1. The van der Waals surface area contributed by atoms with Gasteiger partial charge in [-0.3, -0.25) is 9.36 Å².